The molecule has 10 nitrogen and oxygen atoms in total. The lowest BCUT2D eigenvalue weighted by molar-refractivity contribution is -0.165. The SMILES string of the molecule is CN(CC(=O)OC(CO)[C@H]1OC(=O)C(O)=C1O)C(=N)N. The lowest BCUT2D eigenvalue weighted by Crippen LogP contribution is -2.41. The van der Waals surface area contributed by atoms with Crippen LogP contribution < -0.4 is 5.73 Å². The second kappa shape index (κ2) is 6.10. The maximum atomic E-state index is 11.5. The lowest BCUT2D eigenvalue weighted by Gasteiger charge is -2.22. The first-order chi connectivity index (χ1) is 9.27. The number of carbonyl (C=O) groups excluding carboxylic acids is 2. The van der Waals surface area contributed by atoms with E-state index >= 15 is 0 Å². The van der Waals surface area contributed by atoms with Gasteiger partial charge in [-0.3, -0.25) is 10.2 Å². The number of hydrogen-bond acceptors (Lipinski definition) is 8. The summed E-state index contributed by atoms with van der Waals surface area (Å²) in [7, 11) is 1.37. The van der Waals surface area contributed by atoms with Gasteiger partial charge in [0.2, 0.25) is 11.9 Å². The van der Waals surface area contributed by atoms with Crippen molar-refractivity contribution in [2.45, 2.75) is 12.2 Å². The number of likely N-dealkylation sites (N-methyl/N-ethyl adjacent to an activating group) is 1. The molecule has 6 N–H and O–H groups in total. The molecule has 1 heterocycles. The van der Waals surface area contributed by atoms with E-state index in [1.807, 2.05) is 0 Å². The van der Waals surface area contributed by atoms with E-state index < -0.39 is 42.3 Å². The van der Waals surface area contributed by atoms with E-state index in [-0.39, 0.29) is 12.5 Å². The number of esters is 2. The summed E-state index contributed by atoms with van der Waals surface area (Å²) in [6.07, 6.45) is -2.85. The highest BCUT2D eigenvalue weighted by atomic mass is 16.6. The average molecular weight is 289 g/mol. The lowest BCUT2D eigenvalue weighted by atomic mass is 10.2. The normalized spacial score (nSPS) is 19.5. The number of aliphatic hydroxyl groups is 3. The van der Waals surface area contributed by atoms with Crippen LogP contribution in [-0.2, 0) is 19.1 Å². The minimum Gasteiger partial charge on any atom is -0.505 e. The Morgan fingerprint density at radius 3 is 2.60 bits per heavy atom. The molecular formula is C10H15N3O7. The van der Waals surface area contributed by atoms with Gasteiger partial charge in [0.25, 0.3) is 0 Å². The van der Waals surface area contributed by atoms with Crippen molar-refractivity contribution in [2.24, 2.45) is 5.73 Å². The molecule has 2 atom stereocenters. The molecule has 112 valence electrons. The summed E-state index contributed by atoms with van der Waals surface area (Å²) in [5, 5.41) is 34.7. The first-order valence-electron chi connectivity index (χ1n) is 5.46. The Morgan fingerprint density at radius 1 is 1.60 bits per heavy atom. The molecule has 20 heavy (non-hydrogen) atoms. The van der Waals surface area contributed by atoms with Gasteiger partial charge in [-0.15, -0.1) is 0 Å². The maximum Gasteiger partial charge on any atom is 0.378 e. The third-order valence-electron chi connectivity index (χ3n) is 2.52. The van der Waals surface area contributed by atoms with Crippen LogP contribution in [0.4, 0.5) is 0 Å². The van der Waals surface area contributed by atoms with Crippen LogP contribution >= 0.6 is 0 Å². The fourth-order valence-electron chi connectivity index (χ4n) is 1.40. The molecule has 0 fully saturated rings. The number of nitrogens with two attached hydrogens (primary N) is 1. The highest BCUT2D eigenvalue weighted by molar-refractivity contribution is 5.89. The highest BCUT2D eigenvalue weighted by Gasteiger charge is 2.41. The predicted octanol–water partition coefficient (Wildman–Crippen LogP) is -2.03. The monoisotopic (exact) mass is 289 g/mol. The van der Waals surface area contributed by atoms with Crippen LogP contribution in [-0.4, -0.2) is 70.5 Å². The van der Waals surface area contributed by atoms with Gasteiger partial charge >= 0.3 is 11.9 Å². The number of hydrogen-bond donors (Lipinski definition) is 5. The Bertz CT molecular complexity index is 462. The number of nitrogens with one attached hydrogen (secondary N) is 1. The Hall–Kier alpha value is -2.49. The van der Waals surface area contributed by atoms with Gasteiger partial charge in [-0.25, -0.2) is 4.79 Å². The predicted molar refractivity (Wildman–Crippen MR) is 63.7 cm³/mol. The molecule has 0 aromatic rings. The average Bonchev–Trinajstić information content (AvgIpc) is 2.63. The molecule has 0 radical (unpaired) electrons. The summed E-state index contributed by atoms with van der Waals surface area (Å²) in [6.45, 7) is -1.12. The van der Waals surface area contributed by atoms with E-state index in [0.29, 0.717) is 0 Å². The fourth-order valence-corrected chi connectivity index (χ4v) is 1.40. The van der Waals surface area contributed by atoms with Gasteiger partial charge in [0, 0.05) is 7.05 Å². The summed E-state index contributed by atoms with van der Waals surface area (Å²) >= 11 is 0. The van der Waals surface area contributed by atoms with Crippen LogP contribution in [0.15, 0.2) is 11.5 Å². The number of cyclic esters (lactones) is 1. The molecule has 1 aliphatic rings. The van der Waals surface area contributed by atoms with E-state index in [4.69, 9.17) is 26.1 Å². The standard InChI is InChI=1S/C10H15N3O7/c1-13(10(11)12)2-5(15)19-4(3-14)8-6(16)7(17)9(18)20-8/h4,8,14,16-17H,2-3H2,1H3,(H3,11,12)/t4?,8-/m1/s1. The second-order valence-electron chi connectivity index (χ2n) is 4.01. The molecule has 0 spiro atoms. The third-order valence-corrected chi connectivity index (χ3v) is 2.52. The third kappa shape index (κ3) is 3.29. The summed E-state index contributed by atoms with van der Waals surface area (Å²) in [4.78, 5) is 23.6. The number of rotatable bonds is 5. The number of carbonyl (C=O) groups is 2. The summed E-state index contributed by atoms with van der Waals surface area (Å²) in [6, 6.07) is 0. The minimum absolute atomic E-state index is 0.366. The van der Waals surface area contributed by atoms with E-state index in [1.54, 1.807) is 0 Å². The fraction of sp³-hybridized carbons (Fsp3) is 0.500. The molecule has 1 rings (SSSR count). The van der Waals surface area contributed by atoms with Crippen LogP contribution in [0.25, 0.3) is 0 Å². The van der Waals surface area contributed by atoms with Crippen molar-refractivity contribution < 1.29 is 34.4 Å². The van der Waals surface area contributed by atoms with Crippen molar-refractivity contribution in [3.63, 3.8) is 0 Å². The van der Waals surface area contributed by atoms with Crippen LogP contribution in [0.2, 0.25) is 0 Å². The maximum absolute atomic E-state index is 11.5. The van der Waals surface area contributed by atoms with Crippen LogP contribution in [0.5, 0.6) is 0 Å². The van der Waals surface area contributed by atoms with Crippen LogP contribution in [0.1, 0.15) is 0 Å². The zero-order valence-electron chi connectivity index (χ0n) is 10.6. The topological polar surface area (TPSA) is 166 Å². The summed E-state index contributed by atoms with van der Waals surface area (Å²) in [5.74, 6) is -4.22. The molecule has 0 aliphatic carbocycles. The zero-order chi connectivity index (χ0) is 15.4. The van der Waals surface area contributed by atoms with Crippen molar-refractivity contribution in [2.75, 3.05) is 20.2 Å². The number of ether oxygens (including phenoxy) is 2. The van der Waals surface area contributed by atoms with Crippen molar-refractivity contribution >= 4 is 17.9 Å². The molecule has 1 unspecified atom stereocenters. The summed E-state index contributed by atoms with van der Waals surface area (Å²) < 4.78 is 9.37. The summed E-state index contributed by atoms with van der Waals surface area (Å²) in [5.41, 5.74) is 5.13. The molecule has 0 amide bonds. The molecule has 0 aromatic heterocycles. The molecule has 0 aromatic carbocycles. The van der Waals surface area contributed by atoms with Gasteiger partial charge in [-0.2, -0.15) is 0 Å². The Labute approximate surface area is 113 Å². The minimum atomic E-state index is -1.47. The van der Waals surface area contributed by atoms with Crippen molar-refractivity contribution in [3.8, 4) is 0 Å². The van der Waals surface area contributed by atoms with Crippen molar-refractivity contribution in [1.29, 1.82) is 5.41 Å². The highest BCUT2D eigenvalue weighted by Crippen LogP contribution is 2.23. The van der Waals surface area contributed by atoms with Gasteiger partial charge in [0.1, 0.15) is 6.54 Å². The Kier molecular flexibility index (Phi) is 4.75. The van der Waals surface area contributed by atoms with Gasteiger partial charge in [-0.1, -0.05) is 0 Å². The largest absolute Gasteiger partial charge is 0.505 e. The Morgan fingerprint density at radius 2 is 2.20 bits per heavy atom. The van der Waals surface area contributed by atoms with Crippen molar-refractivity contribution in [1.82, 2.24) is 4.90 Å². The van der Waals surface area contributed by atoms with Gasteiger partial charge in [0.15, 0.2) is 17.8 Å². The quantitative estimate of drug-likeness (QED) is 0.218. The van der Waals surface area contributed by atoms with Crippen LogP contribution in [0, 0.1) is 5.41 Å². The van der Waals surface area contributed by atoms with Gasteiger partial charge < -0.3 is 35.4 Å². The first kappa shape index (κ1) is 15.6. The zero-order valence-corrected chi connectivity index (χ0v) is 10.6. The number of aliphatic hydroxyl groups excluding tert-OH is 3. The number of guanidine groups is 1. The molecule has 0 saturated heterocycles. The van der Waals surface area contributed by atoms with Crippen molar-refractivity contribution in [3.05, 3.63) is 11.5 Å². The van der Waals surface area contributed by atoms with E-state index in [9.17, 15) is 14.7 Å². The molecule has 0 bridgehead atoms. The smallest absolute Gasteiger partial charge is 0.378 e. The van der Waals surface area contributed by atoms with E-state index in [1.165, 1.54) is 7.05 Å². The van der Waals surface area contributed by atoms with Gasteiger partial charge in [-0.05, 0) is 0 Å². The van der Waals surface area contributed by atoms with E-state index in [2.05, 4.69) is 4.74 Å². The Balaban J connectivity index is 2.67. The molecule has 10 heteroatoms. The van der Waals surface area contributed by atoms with Crippen LogP contribution in [0.3, 0.4) is 0 Å². The molecule has 0 saturated carbocycles. The first-order valence-corrected chi connectivity index (χ1v) is 5.46. The second-order valence-corrected chi connectivity index (χ2v) is 4.01. The van der Waals surface area contributed by atoms with E-state index in [0.717, 1.165) is 4.90 Å². The molecular weight excluding hydrogens is 274 g/mol. The molecule has 1 aliphatic heterocycles. The number of nitrogens with zero attached hydrogens (tertiary/aromatic N) is 1. The van der Waals surface area contributed by atoms with Gasteiger partial charge in [0.05, 0.1) is 6.61 Å².